The van der Waals surface area contributed by atoms with Gasteiger partial charge in [-0.1, -0.05) is 37.2 Å². The molecule has 0 bridgehead atoms. The SMILES string of the molecule is CN=C(NCCCCN(C)c1ccccc1)NCc1cc(C(C)C)no1. The van der Waals surface area contributed by atoms with Crippen molar-refractivity contribution < 1.29 is 4.52 Å². The lowest BCUT2D eigenvalue weighted by molar-refractivity contribution is 0.372. The standard InChI is InChI=1S/C20H31N5O/c1-16(2)19-14-18(26-24-19)15-23-20(21-3)22-12-8-9-13-25(4)17-10-6-5-7-11-17/h5-7,10-11,14,16H,8-9,12-13,15H2,1-4H3,(H2,21,22,23). The second kappa shape index (κ2) is 10.5. The molecule has 2 rings (SSSR count). The first-order valence-corrected chi connectivity index (χ1v) is 9.26. The monoisotopic (exact) mass is 357 g/mol. The highest BCUT2D eigenvalue weighted by Crippen LogP contribution is 2.13. The quantitative estimate of drug-likeness (QED) is 0.409. The molecule has 1 aromatic heterocycles. The van der Waals surface area contributed by atoms with Gasteiger partial charge < -0.3 is 20.1 Å². The molecule has 0 saturated heterocycles. The average Bonchev–Trinajstić information content (AvgIpc) is 3.14. The van der Waals surface area contributed by atoms with Crippen molar-refractivity contribution in [2.45, 2.75) is 39.2 Å². The third-order valence-corrected chi connectivity index (χ3v) is 4.23. The zero-order valence-electron chi connectivity index (χ0n) is 16.3. The van der Waals surface area contributed by atoms with Gasteiger partial charge in [-0.3, -0.25) is 4.99 Å². The maximum absolute atomic E-state index is 5.33. The van der Waals surface area contributed by atoms with E-state index in [0.717, 1.165) is 43.3 Å². The van der Waals surface area contributed by atoms with E-state index in [-0.39, 0.29) is 0 Å². The number of nitrogens with one attached hydrogen (secondary N) is 2. The fourth-order valence-corrected chi connectivity index (χ4v) is 2.57. The summed E-state index contributed by atoms with van der Waals surface area (Å²) in [6, 6.07) is 12.5. The van der Waals surface area contributed by atoms with Gasteiger partial charge in [0, 0.05) is 38.9 Å². The van der Waals surface area contributed by atoms with Crippen molar-refractivity contribution >= 4 is 11.6 Å². The van der Waals surface area contributed by atoms with E-state index in [2.05, 4.69) is 70.8 Å². The van der Waals surface area contributed by atoms with Crippen LogP contribution in [0.2, 0.25) is 0 Å². The lowest BCUT2D eigenvalue weighted by Gasteiger charge is -2.19. The number of hydrogen-bond acceptors (Lipinski definition) is 4. The van der Waals surface area contributed by atoms with Crippen LogP contribution in [0.5, 0.6) is 0 Å². The summed E-state index contributed by atoms with van der Waals surface area (Å²) < 4.78 is 5.33. The van der Waals surface area contributed by atoms with Crippen molar-refractivity contribution in [1.82, 2.24) is 15.8 Å². The van der Waals surface area contributed by atoms with Crippen LogP contribution in [0.25, 0.3) is 0 Å². The van der Waals surface area contributed by atoms with Crippen molar-refractivity contribution in [2.75, 3.05) is 32.1 Å². The molecular weight excluding hydrogens is 326 g/mol. The highest BCUT2D eigenvalue weighted by atomic mass is 16.5. The zero-order valence-corrected chi connectivity index (χ0v) is 16.3. The summed E-state index contributed by atoms with van der Waals surface area (Å²) in [6.45, 7) is 6.70. The number of para-hydroxylation sites is 1. The Bertz CT molecular complexity index is 666. The third kappa shape index (κ3) is 6.43. The van der Waals surface area contributed by atoms with Crippen molar-refractivity contribution in [3.63, 3.8) is 0 Å². The van der Waals surface area contributed by atoms with E-state index in [0.29, 0.717) is 12.5 Å². The molecule has 0 spiro atoms. The van der Waals surface area contributed by atoms with E-state index in [1.165, 1.54) is 5.69 Å². The van der Waals surface area contributed by atoms with Crippen LogP contribution in [0.3, 0.4) is 0 Å². The van der Waals surface area contributed by atoms with Crippen LogP contribution in [-0.2, 0) is 6.54 Å². The van der Waals surface area contributed by atoms with Gasteiger partial charge in [0.1, 0.15) is 0 Å². The van der Waals surface area contributed by atoms with Crippen LogP contribution in [0, 0.1) is 0 Å². The number of hydrogen-bond donors (Lipinski definition) is 2. The van der Waals surface area contributed by atoms with Gasteiger partial charge in [-0.2, -0.15) is 0 Å². The number of rotatable bonds is 9. The molecule has 6 nitrogen and oxygen atoms in total. The summed E-state index contributed by atoms with van der Waals surface area (Å²) in [5, 5.41) is 10.7. The third-order valence-electron chi connectivity index (χ3n) is 4.23. The van der Waals surface area contributed by atoms with Crippen molar-refractivity contribution in [3.05, 3.63) is 47.9 Å². The number of aliphatic imine (C=N–C) groups is 1. The molecule has 0 amide bonds. The summed E-state index contributed by atoms with van der Waals surface area (Å²) in [5.74, 6) is 1.98. The normalized spacial score (nSPS) is 11.7. The smallest absolute Gasteiger partial charge is 0.191 e. The highest BCUT2D eigenvalue weighted by Gasteiger charge is 2.08. The number of aromatic nitrogens is 1. The molecule has 6 heteroatoms. The van der Waals surface area contributed by atoms with Crippen molar-refractivity contribution in [2.24, 2.45) is 4.99 Å². The van der Waals surface area contributed by atoms with Gasteiger partial charge in [0.15, 0.2) is 11.7 Å². The Kier molecular flexibility index (Phi) is 7.99. The lowest BCUT2D eigenvalue weighted by Crippen LogP contribution is -2.37. The average molecular weight is 358 g/mol. The molecule has 0 aliphatic rings. The molecule has 0 fully saturated rings. The molecule has 2 N–H and O–H groups in total. The molecule has 0 atom stereocenters. The van der Waals surface area contributed by atoms with Crippen LogP contribution in [0.4, 0.5) is 5.69 Å². The molecule has 0 aliphatic carbocycles. The predicted molar refractivity (Wildman–Crippen MR) is 108 cm³/mol. The van der Waals surface area contributed by atoms with E-state index >= 15 is 0 Å². The van der Waals surface area contributed by atoms with Crippen LogP contribution in [0.1, 0.15) is 44.1 Å². The number of guanidine groups is 1. The van der Waals surface area contributed by atoms with E-state index < -0.39 is 0 Å². The van der Waals surface area contributed by atoms with E-state index in [1.807, 2.05) is 12.1 Å². The Morgan fingerprint density at radius 1 is 1.19 bits per heavy atom. The van der Waals surface area contributed by atoms with E-state index in [4.69, 9.17) is 4.52 Å². The Morgan fingerprint density at radius 2 is 1.96 bits per heavy atom. The molecule has 0 aliphatic heterocycles. The minimum Gasteiger partial charge on any atom is -0.375 e. The van der Waals surface area contributed by atoms with Gasteiger partial charge in [0.05, 0.1) is 12.2 Å². The van der Waals surface area contributed by atoms with Gasteiger partial charge >= 0.3 is 0 Å². The Balaban J connectivity index is 1.62. The van der Waals surface area contributed by atoms with Crippen molar-refractivity contribution in [3.8, 4) is 0 Å². The van der Waals surface area contributed by atoms with E-state index in [1.54, 1.807) is 7.05 Å². The first-order valence-electron chi connectivity index (χ1n) is 9.26. The molecule has 0 saturated carbocycles. The fourth-order valence-electron chi connectivity index (χ4n) is 2.57. The number of anilines is 1. The summed E-state index contributed by atoms with van der Waals surface area (Å²) in [5.41, 5.74) is 2.23. The minimum absolute atomic E-state index is 0.374. The molecule has 142 valence electrons. The molecule has 1 aromatic carbocycles. The van der Waals surface area contributed by atoms with Crippen molar-refractivity contribution in [1.29, 1.82) is 0 Å². The topological polar surface area (TPSA) is 65.7 Å². The summed E-state index contributed by atoms with van der Waals surface area (Å²) >= 11 is 0. The molecule has 26 heavy (non-hydrogen) atoms. The Morgan fingerprint density at radius 3 is 2.62 bits per heavy atom. The zero-order chi connectivity index (χ0) is 18.8. The minimum atomic E-state index is 0.374. The first-order chi connectivity index (χ1) is 12.6. The maximum atomic E-state index is 5.33. The van der Waals surface area contributed by atoms with Crippen LogP contribution >= 0.6 is 0 Å². The number of nitrogens with zero attached hydrogens (tertiary/aromatic N) is 3. The number of benzene rings is 1. The Labute approximate surface area is 156 Å². The molecule has 0 radical (unpaired) electrons. The second-order valence-electron chi connectivity index (χ2n) is 6.69. The van der Waals surface area contributed by atoms with Gasteiger partial charge in [-0.25, -0.2) is 0 Å². The molecular formula is C20H31N5O. The summed E-state index contributed by atoms with van der Waals surface area (Å²) in [7, 11) is 3.91. The fraction of sp³-hybridized carbons (Fsp3) is 0.500. The largest absolute Gasteiger partial charge is 0.375 e. The Hall–Kier alpha value is -2.50. The van der Waals surface area contributed by atoms with Crippen LogP contribution < -0.4 is 15.5 Å². The van der Waals surface area contributed by atoms with E-state index in [9.17, 15) is 0 Å². The van der Waals surface area contributed by atoms with Gasteiger partial charge in [0.25, 0.3) is 0 Å². The van der Waals surface area contributed by atoms with Crippen LogP contribution in [0.15, 0.2) is 45.9 Å². The molecule has 1 heterocycles. The molecule has 2 aromatic rings. The summed E-state index contributed by atoms with van der Waals surface area (Å²) in [4.78, 5) is 6.53. The number of unbranched alkanes of at least 4 members (excludes halogenated alkanes) is 1. The maximum Gasteiger partial charge on any atom is 0.191 e. The van der Waals surface area contributed by atoms with Crippen LogP contribution in [-0.4, -0.2) is 38.3 Å². The van der Waals surface area contributed by atoms with Gasteiger partial charge in [0.2, 0.25) is 0 Å². The second-order valence-corrected chi connectivity index (χ2v) is 6.69. The van der Waals surface area contributed by atoms with Gasteiger partial charge in [-0.15, -0.1) is 0 Å². The first kappa shape index (κ1) is 19.8. The van der Waals surface area contributed by atoms with Gasteiger partial charge in [-0.05, 0) is 30.9 Å². The predicted octanol–water partition coefficient (Wildman–Crippen LogP) is 3.38. The lowest BCUT2D eigenvalue weighted by atomic mass is 10.1. The highest BCUT2D eigenvalue weighted by molar-refractivity contribution is 5.79. The molecule has 0 unspecified atom stereocenters. The summed E-state index contributed by atoms with van der Waals surface area (Å²) in [6.07, 6.45) is 2.20.